The van der Waals surface area contributed by atoms with Crippen molar-refractivity contribution in [2.45, 2.75) is 18.2 Å². The highest BCUT2D eigenvalue weighted by Gasteiger charge is 2.18. The van der Waals surface area contributed by atoms with Crippen LogP contribution in [0.2, 0.25) is 0 Å². The van der Waals surface area contributed by atoms with E-state index in [2.05, 4.69) is 6.58 Å². The first-order valence-electron chi connectivity index (χ1n) is 10.7. The molecule has 0 aliphatic carbocycles. The molecule has 0 spiro atoms. The van der Waals surface area contributed by atoms with Crippen molar-refractivity contribution in [1.82, 2.24) is 14.5 Å². The minimum atomic E-state index is -0.121. The molecular formula is C26H25N3O3S2. The van der Waals surface area contributed by atoms with Crippen LogP contribution in [-0.4, -0.2) is 40.3 Å². The number of carbonyl (C=O) groups is 1. The second-order valence-corrected chi connectivity index (χ2v) is 9.48. The number of carbonyl (C=O) groups excluding carboxylic acids is 1. The monoisotopic (exact) mass is 491 g/mol. The van der Waals surface area contributed by atoms with Crippen LogP contribution in [0.4, 0.5) is 0 Å². The highest BCUT2D eigenvalue weighted by atomic mass is 32.2. The zero-order valence-corrected chi connectivity index (χ0v) is 20.7. The molecule has 0 bridgehead atoms. The number of fused-ring (bicyclic) bond motifs is 1. The molecule has 0 aliphatic rings. The van der Waals surface area contributed by atoms with Gasteiger partial charge >= 0.3 is 0 Å². The molecule has 0 fully saturated rings. The minimum Gasteiger partial charge on any atom is -0.497 e. The van der Waals surface area contributed by atoms with Crippen LogP contribution < -0.4 is 10.3 Å². The number of nitrogens with zero attached hydrogens (tertiary/aromatic N) is 3. The summed E-state index contributed by atoms with van der Waals surface area (Å²) < 4.78 is 6.85. The summed E-state index contributed by atoms with van der Waals surface area (Å²) in [5.74, 6) is 0.875. The number of allylic oxidation sites excluding steroid dienone is 1. The molecule has 34 heavy (non-hydrogen) atoms. The Morgan fingerprint density at radius 1 is 1.24 bits per heavy atom. The van der Waals surface area contributed by atoms with Gasteiger partial charge in [-0.05, 0) is 23.3 Å². The lowest BCUT2D eigenvalue weighted by Gasteiger charge is -2.18. The van der Waals surface area contributed by atoms with Crippen LogP contribution in [0.3, 0.4) is 0 Å². The van der Waals surface area contributed by atoms with Crippen molar-refractivity contribution in [3.8, 4) is 16.9 Å². The van der Waals surface area contributed by atoms with Gasteiger partial charge in [0.15, 0.2) is 5.16 Å². The summed E-state index contributed by atoms with van der Waals surface area (Å²) in [7, 11) is 3.38. The van der Waals surface area contributed by atoms with Crippen LogP contribution in [0.15, 0.2) is 82.6 Å². The van der Waals surface area contributed by atoms with Crippen molar-refractivity contribution in [2.75, 3.05) is 19.9 Å². The first kappa shape index (κ1) is 23.8. The lowest BCUT2D eigenvalue weighted by Crippen LogP contribution is -2.28. The lowest BCUT2D eigenvalue weighted by molar-refractivity contribution is -0.127. The Labute approximate surface area is 206 Å². The van der Waals surface area contributed by atoms with Crippen LogP contribution in [0.1, 0.15) is 5.56 Å². The Morgan fingerprint density at radius 2 is 2.03 bits per heavy atom. The number of thioether (sulfide) groups is 1. The van der Waals surface area contributed by atoms with Gasteiger partial charge in [-0.3, -0.25) is 14.2 Å². The predicted molar refractivity (Wildman–Crippen MR) is 140 cm³/mol. The van der Waals surface area contributed by atoms with Gasteiger partial charge in [-0.2, -0.15) is 0 Å². The first-order valence-corrected chi connectivity index (χ1v) is 12.6. The second-order valence-electron chi connectivity index (χ2n) is 7.68. The van der Waals surface area contributed by atoms with Crippen molar-refractivity contribution >= 4 is 39.2 Å². The summed E-state index contributed by atoms with van der Waals surface area (Å²) >= 11 is 2.71. The van der Waals surface area contributed by atoms with Crippen molar-refractivity contribution in [3.63, 3.8) is 0 Å². The summed E-state index contributed by atoms with van der Waals surface area (Å²) in [5, 5.41) is 3.08. The molecular weight excluding hydrogens is 466 g/mol. The molecule has 2 aromatic heterocycles. The van der Waals surface area contributed by atoms with E-state index in [4.69, 9.17) is 9.72 Å². The quantitative estimate of drug-likeness (QED) is 0.186. The number of methoxy groups -OCH3 is 1. The number of benzene rings is 2. The number of amides is 1. The van der Waals surface area contributed by atoms with E-state index in [0.717, 1.165) is 22.4 Å². The lowest BCUT2D eigenvalue weighted by atomic mass is 10.1. The van der Waals surface area contributed by atoms with E-state index in [-0.39, 0.29) is 17.2 Å². The number of thiophene rings is 1. The normalized spacial score (nSPS) is 10.9. The Balaban J connectivity index is 1.56. The molecule has 4 rings (SSSR count). The van der Waals surface area contributed by atoms with Gasteiger partial charge in [0.2, 0.25) is 5.91 Å². The maximum Gasteiger partial charge on any atom is 0.263 e. The van der Waals surface area contributed by atoms with Crippen molar-refractivity contribution in [3.05, 3.63) is 88.5 Å². The minimum absolute atomic E-state index is 0.0523. The average Bonchev–Trinajstić information content (AvgIpc) is 3.29. The highest BCUT2D eigenvalue weighted by molar-refractivity contribution is 7.99. The third kappa shape index (κ3) is 5.08. The van der Waals surface area contributed by atoms with Gasteiger partial charge in [-0.1, -0.05) is 60.3 Å². The van der Waals surface area contributed by atoms with Gasteiger partial charge in [-0.25, -0.2) is 4.98 Å². The Morgan fingerprint density at radius 3 is 2.76 bits per heavy atom. The zero-order valence-electron chi connectivity index (χ0n) is 19.1. The van der Waals surface area contributed by atoms with E-state index in [9.17, 15) is 9.59 Å². The maximum absolute atomic E-state index is 13.4. The summed E-state index contributed by atoms with van der Waals surface area (Å²) in [5.41, 5.74) is 2.72. The average molecular weight is 492 g/mol. The Bertz CT molecular complexity index is 1380. The van der Waals surface area contributed by atoms with Gasteiger partial charge in [0, 0.05) is 31.1 Å². The van der Waals surface area contributed by atoms with Gasteiger partial charge in [-0.15, -0.1) is 17.9 Å². The second kappa shape index (κ2) is 10.7. The molecule has 2 aromatic carbocycles. The van der Waals surface area contributed by atoms with Crippen LogP contribution in [0.25, 0.3) is 21.3 Å². The fraction of sp³-hybridized carbons (Fsp3) is 0.192. The molecule has 0 N–H and O–H groups in total. The number of ether oxygens (including phenoxy) is 1. The SMILES string of the molecule is C=CCn1c(SCC(=O)N(C)Cc2cccc(OC)c2)nc2scc(-c3ccccc3)c2c1=O. The van der Waals surface area contributed by atoms with Crippen molar-refractivity contribution in [1.29, 1.82) is 0 Å². The number of rotatable bonds is 9. The molecule has 0 radical (unpaired) electrons. The van der Waals surface area contributed by atoms with Gasteiger partial charge < -0.3 is 9.64 Å². The standard InChI is InChI=1S/C26H25N3O3S2/c1-4-13-29-25(31)23-21(19-10-6-5-7-11-19)16-33-24(23)27-26(29)34-17-22(30)28(2)15-18-9-8-12-20(14-18)32-3/h4-12,14,16H,1,13,15,17H2,2-3H3. The van der Waals surface area contributed by atoms with E-state index < -0.39 is 0 Å². The summed E-state index contributed by atoms with van der Waals surface area (Å²) in [6.45, 7) is 4.58. The number of hydrogen-bond donors (Lipinski definition) is 0. The third-order valence-electron chi connectivity index (χ3n) is 5.36. The van der Waals surface area contributed by atoms with Crippen LogP contribution in [0.5, 0.6) is 5.75 Å². The molecule has 0 aliphatic heterocycles. The van der Waals surface area contributed by atoms with Crippen molar-refractivity contribution < 1.29 is 9.53 Å². The molecule has 0 saturated carbocycles. The number of aromatic nitrogens is 2. The molecule has 2 heterocycles. The zero-order chi connectivity index (χ0) is 24.1. The molecule has 0 saturated heterocycles. The fourth-order valence-corrected chi connectivity index (χ4v) is 5.54. The van der Waals surface area contributed by atoms with Gasteiger partial charge in [0.1, 0.15) is 10.6 Å². The van der Waals surface area contributed by atoms with Gasteiger partial charge in [0.05, 0.1) is 18.2 Å². The molecule has 8 heteroatoms. The number of hydrogen-bond acceptors (Lipinski definition) is 6. The summed E-state index contributed by atoms with van der Waals surface area (Å²) in [6.07, 6.45) is 1.67. The van der Waals surface area contributed by atoms with E-state index in [1.165, 1.54) is 23.1 Å². The van der Waals surface area contributed by atoms with E-state index in [1.54, 1.807) is 29.7 Å². The Hall–Kier alpha value is -3.36. The largest absolute Gasteiger partial charge is 0.497 e. The highest BCUT2D eigenvalue weighted by Crippen LogP contribution is 2.32. The summed E-state index contributed by atoms with van der Waals surface area (Å²) in [6, 6.07) is 17.5. The van der Waals surface area contributed by atoms with E-state index in [1.807, 2.05) is 60.0 Å². The van der Waals surface area contributed by atoms with Crippen LogP contribution >= 0.6 is 23.1 Å². The smallest absolute Gasteiger partial charge is 0.263 e. The molecule has 0 unspecified atom stereocenters. The molecule has 1 amide bonds. The van der Waals surface area contributed by atoms with Gasteiger partial charge in [0.25, 0.3) is 5.56 Å². The topological polar surface area (TPSA) is 64.4 Å². The first-order chi connectivity index (χ1) is 16.5. The predicted octanol–water partition coefficient (Wildman–Crippen LogP) is 5.07. The molecule has 4 aromatic rings. The Kier molecular flexibility index (Phi) is 7.49. The summed E-state index contributed by atoms with van der Waals surface area (Å²) in [4.78, 5) is 33.3. The molecule has 6 nitrogen and oxygen atoms in total. The van der Waals surface area contributed by atoms with Crippen LogP contribution in [0, 0.1) is 0 Å². The third-order valence-corrected chi connectivity index (χ3v) is 7.19. The van der Waals surface area contributed by atoms with E-state index >= 15 is 0 Å². The maximum atomic E-state index is 13.4. The van der Waals surface area contributed by atoms with Crippen molar-refractivity contribution in [2.24, 2.45) is 0 Å². The molecule has 174 valence electrons. The van der Waals surface area contributed by atoms with E-state index in [0.29, 0.717) is 28.5 Å². The van der Waals surface area contributed by atoms with Crippen LogP contribution in [-0.2, 0) is 17.9 Å². The fourth-order valence-electron chi connectivity index (χ4n) is 3.61. The molecule has 0 atom stereocenters.